The SMILES string of the molecule is CCCCN1NN(Cc2ccccc2)c2ccccc21. The van der Waals surface area contributed by atoms with Crippen LogP contribution in [0, 0.1) is 0 Å². The fourth-order valence-electron chi connectivity index (χ4n) is 2.55. The van der Waals surface area contributed by atoms with Gasteiger partial charge in [-0.1, -0.05) is 55.8 Å². The van der Waals surface area contributed by atoms with Crippen molar-refractivity contribution >= 4 is 11.4 Å². The quantitative estimate of drug-likeness (QED) is 0.890. The van der Waals surface area contributed by atoms with Crippen molar-refractivity contribution < 1.29 is 0 Å². The van der Waals surface area contributed by atoms with Crippen LogP contribution in [0.3, 0.4) is 0 Å². The molecule has 0 amide bonds. The lowest BCUT2D eigenvalue weighted by atomic mass is 10.2. The molecule has 3 rings (SSSR count). The van der Waals surface area contributed by atoms with Gasteiger partial charge in [0.1, 0.15) is 0 Å². The van der Waals surface area contributed by atoms with Crippen LogP contribution in [0.1, 0.15) is 25.3 Å². The highest BCUT2D eigenvalue weighted by atomic mass is 15.8. The molecule has 0 aromatic heterocycles. The molecule has 0 fully saturated rings. The number of hydrogen-bond acceptors (Lipinski definition) is 3. The number of nitrogens with one attached hydrogen (secondary N) is 1. The Balaban J connectivity index is 1.80. The lowest BCUT2D eigenvalue weighted by Crippen LogP contribution is -2.44. The van der Waals surface area contributed by atoms with Crippen LogP contribution in [0.2, 0.25) is 0 Å². The van der Waals surface area contributed by atoms with E-state index in [2.05, 4.69) is 77.1 Å². The molecule has 2 aromatic carbocycles. The van der Waals surface area contributed by atoms with E-state index in [9.17, 15) is 0 Å². The van der Waals surface area contributed by atoms with Crippen molar-refractivity contribution in [1.82, 2.24) is 5.53 Å². The molecule has 3 heteroatoms. The maximum absolute atomic E-state index is 3.51. The van der Waals surface area contributed by atoms with E-state index < -0.39 is 0 Å². The van der Waals surface area contributed by atoms with Crippen molar-refractivity contribution in [3.63, 3.8) is 0 Å². The van der Waals surface area contributed by atoms with Crippen molar-refractivity contribution in [2.75, 3.05) is 16.6 Å². The van der Waals surface area contributed by atoms with Gasteiger partial charge in [0, 0.05) is 6.54 Å². The molecule has 0 aliphatic carbocycles. The van der Waals surface area contributed by atoms with Gasteiger partial charge in [-0.3, -0.25) is 10.0 Å². The van der Waals surface area contributed by atoms with Crippen molar-refractivity contribution in [3.05, 3.63) is 60.2 Å². The molecular weight excluding hydrogens is 246 g/mol. The number of rotatable bonds is 5. The fourth-order valence-corrected chi connectivity index (χ4v) is 2.55. The predicted molar refractivity (Wildman–Crippen MR) is 84.5 cm³/mol. The monoisotopic (exact) mass is 267 g/mol. The summed E-state index contributed by atoms with van der Waals surface area (Å²) in [7, 11) is 0. The summed E-state index contributed by atoms with van der Waals surface area (Å²) in [5.41, 5.74) is 7.35. The van der Waals surface area contributed by atoms with E-state index in [0.29, 0.717) is 0 Å². The minimum Gasteiger partial charge on any atom is -0.289 e. The van der Waals surface area contributed by atoms with Gasteiger partial charge in [-0.2, -0.15) is 0 Å². The molecule has 1 N–H and O–H groups in total. The molecule has 3 nitrogen and oxygen atoms in total. The van der Waals surface area contributed by atoms with Crippen molar-refractivity contribution in [3.8, 4) is 0 Å². The summed E-state index contributed by atoms with van der Waals surface area (Å²) in [5, 5.41) is 4.47. The second-order valence-corrected chi connectivity index (χ2v) is 5.17. The number of para-hydroxylation sites is 2. The zero-order valence-electron chi connectivity index (χ0n) is 11.9. The molecule has 0 radical (unpaired) electrons. The fraction of sp³-hybridized carbons (Fsp3) is 0.294. The lowest BCUT2D eigenvalue weighted by molar-refractivity contribution is 0.591. The molecule has 1 aliphatic heterocycles. The van der Waals surface area contributed by atoms with E-state index in [-0.39, 0.29) is 0 Å². The normalized spacial score (nSPS) is 13.7. The second-order valence-electron chi connectivity index (χ2n) is 5.17. The maximum Gasteiger partial charge on any atom is 0.0789 e. The zero-order valence-corrected chi connectivity index (χ0v) is 11.9. The van der Waals surface area contributed by atoms with Crippen LogP contribution in [-0.2, 0) is 6.54 Å². The van der Waals surface area contributed by atoms with Crippen LogP contribution >= 0.6 is 0 Å². The van der Waals surface area contributed by atoms with E-state index in [1.165, 1.54) is 29.8 Å². The minimum absolute atomic E-state index is 0.875. The molecule has 0 saturated carbocycles. The third-order valence-corrected chi connectivity index (χ3v) is 3.62. The highest BCUT2D eigenvalue weighted by Crippen LogP contribution is 2.33. The molecule has 1 heterocycles. The molecule has 1 aliphatic rings. The van der Waals surface area contributed by atoms with Gasteiger partial charge in [0.15, 0.2) is 0 Å². The van der Waals surface area contributed by atoms with Gasteiger partial charge in [0.25, 0.3) is 0 Å². The molecule has 0 bridgehead atoms. The number of fused-ring (bicyclic) bond motifs is 1. The molecule has 20 heavy (non-hydrogen) atoms. The zero-order chi connectivity index (χ0) is 13.8. The van der Waals surface area contributed by atoms with Crippen molar-refractivity contribution in [2.45, 2.75) is 26.3 Å². The van der Waals surface area contributed by atoms with E-state index >= 15 is 0 Å². The smallest absolute Gasteiger partial charge is 0.0789 e. The number of nitrogens with zero attached hydrogens (tertiary/aromatic N) is 2. The highest BCUT2D eigenvalue weighted by molar-refractivity contribution is 5.74. The summed E-state index contributed by atoms with van der Waals surface area (Å²) < 4.78 is 0. The Bertz CT molecular complexity index is 553. The Kier molecular flexibility index (Phi) is 3.88. The van der Waals surface area contributed by atoms with Crippen molar-refractivity contribution in [1.29, 1.82) is 0 Å². The van der Waals surface area contributed by atoms with Crippen LogP contribution in [0.25, 0.3) is 0 Å². The van der Waals surface area contributed by atoms with Crippen LogP contribution in [-0.4, -0.2) is 6.54 Å². The van der Waals surface area contributed by atoms with E-state index in [4.69, 9.17) is 0 Å². The maximum atomic E-state index is 3.51. The largest absolute Gasteiger partial charge is 0.289 e. The van der Waals surface area contributed by atoms with Crippen LogP contribution < -0.4 is 15.6 Å². The Morgan fingerprint density at radius 2 is 1.50 bits per heavy atom. The molecular formula is C17H21N3. The number of anilines is 2. The number of benzene rings is 2. The Morgan fingerprint density at radius 1 is 0.850 bits per heavy atom. The third-order valence-electron chi connectivity index (χ3n) is 3.62. The topological polar surface area (TPSA) is 18.5 Å². The summed E-state index contributed by atoms with van der Waals surface area (Å²) in [6, 6.07) is 19.1. The summed E-state index contributed by atoms with van der Waals surface area (Å²) >= 11 is 0. The third kappa shape index (κ3) is 2.63. The number of hydrogen-bond donors (Lipinski definition) is 1. The van der Waals surface area contributed by atoms with Crippen LogP contribution in [0.15, 0.2) is 54.6 Å². The van der Waals surface area contributed by atoms with Gasteiger partial charge in [-0.05, 0) is 24.1 Å². The standard InChI is InChI=1S/C17H21N3/c1-2-3-13-19-16-11-7-8-12-17(16)20(18-19)14-15-9-5-4-6-10-15/h4-12,18H,2-3,13-14H2,1H3. The predicted octanol–water partition coefficient (Wildman–Crippen LogP) is 3.73. The summed E-state index contributed by atoms with van der Waals surface area (Å²) in [5.74, 6) is 0. The molecule has 2 aromatic rings. The molecule has 0 unspecified atom stereocenters. The summed E-state index contributed by atoms with van der Waals surface area (Å²) in [4.78, 5) is 0. The first kappa shape index (κ1) is 13.0. The van der Waals surface area contributed by atoms with Crippen molar-refractivity contribution in [2.24, 2.45) is 0 Å². The Morgan fingerprint density at radius 3 is 2.20 bits per heavy atom. The number of unbranched alkanes of at least 4 members (excludes halogenated alkanes) is 1. The Hall–Kier alpha value is -2.00. The summed E-state index contributed by atoms with van der Waals surface area (Å²) in [6.07, 6.45) is 2.40. The molecule has 0 saturated heterocycles. The first-order valence-electron chi connectivity index (χ1n) is 7.33. The van der Waals surface area contributed by atoms with E-state index in [1.54, 1.807) is 0 Å². The molecule has 0 spiro atoms. The first-order valence-corrected chi connectivity index (χ1v) is 7.33. The second kappa shape index (κ2) is 5.97. The van der Waals surface area contributed by atoms with Gasteiger partial charge in [0.05, 0.1) is 17.9 Å². The van der Waals surface area contributed by atoms with Gasteiger partial charge in [-0.25, -0.2) is 0 Å². The summed E-state index contributed by atoms with van der Waals surface area (Å²) in [6.45, 7) is 4.14. The van der Waals surface area contributed by atoms with Crippen LogP contribution in [0.4, 0.5) is 11.4 Å². The Labute approximate surface area is 120 Å². The average molecular weight is 267 g/mol. The molecule has 0 atom stereocenters. The van der Waals surface area contributed by atoms with Gasteiger partial charge >= 0.3 is 0 Å². The first-order chi connectivity index (χ1) is 9.88. The van der Waals surface area contributed by atoms with E-state index in [1.807, 2.05) is 0 Å². The van der Waals surface area contributed by atoms with Gasteiger partial charge in [-0.15, -0.1) is 5.53 Å². The van der Waals surface area contributed by atoms with Crippen LogP contribution in [0.5, 0.6) is 0 Å². The molecule has 104 valence electrons. The van der Waals surface area contributed by atoms with E-state index in [0.717, 1.165) is 13.1 Å². The number of hydrazine groups is 2. The average Bonchev–Trinajstić information content (AvgIpc) is 2.85. The lowest BCUT2D eigenvalue weighted by Gasteiger charge is -2.23. The minimum atomic E-state index is 0.875. The van der Waals surface area contributed by atoms with Gasteiger partial charge in [0.2, 0.25) is 0 Å². The van der Waals surface area contributed by atoms with Gasteiger partial charge < -0.3 is 0 Å². The highest BCUT2D eigenvalue weighted by Gasteiger charge is 2.24.